The lowest BCUT2D eigenvalue weighted by Gasteiger charge is -2.36. The lowest BCUT2D eigenvalue weighted by molar-refractivity contribution is -0.222. The molecule has 9 nitrogen and oxygen atoms in total. The van der Waals surface area contributed by atoms with Crippen LogP contribution in [0.25, 0.3) is 0 Å². The number of fused-ring (bicyclic) bond motifs is 3. The zero-order valence-corrected chi connectivity index (χ0v) is 32.1. The van der Waals surface area contributed by atoms with Crippen molar-refractivity contribution in [2.45, 2.75) is 121 Å². The summed E-state index contributed by atoms with van der Waals surface area (Å²) in [4.78, 5) is 2.47. The van der Waals surface area contributed by atoms with Crippen LogP contribution in [0.3, 0.4) is 0 Å². The number of rotatable bonds is 14. The highest BCUT2D eigenvalue weighted by atomic mass is 16.9. The molecular weight excluding hydrogens is 695 g/mol. The van der Waals surface area contributed by atoms with E-state index in [-0.39, 0.29) is 30.4 Å². The maximum Gasteiger partial charge on any atom is 0.190 e. The van der Waals surface area contributed by atoms with Gasteiger partial charge in [0.1, 0.15) is 36.6 Å². The van der Waals surface area contributed by atoms with E-state index in [1.165, 1.54) is 5.56 Å². The van der Waals surface area contributed by atoms with Gasteiger partial charge in [0, 0.05) is 6.54 Å². The fourth-order valence-electron chi connectivity index (χ4n) is 8.26. The minimum atomic E-state index is -0.806. The molecule has 0 unspecified atom stereocenters. The van der Waals surface area contributed by atoms with E-state index < -0.39 is 36.2 Å². The third-order valence-electron chi connectivity index (χ3n) is 10.7. The highest BCUT2D eigenvalue weighted by Gasteiger charge is 2.60. The summed E-state index contributed by atoms with van der Waals surface area (Å²) in [5, 5.41) is 0. The number of hydrogen-bond acceptors (Lipinski definition) is 9. The average molecular weight is 748 g/mol. The van der Waals surface area contributed by atoms with Gasteiger partial charge in [0.05, 0.1) is 38.5 Å². The van der Waals surface area contributed by atoms with Gasteiger partial charge in [-0.1, -0.05) is 133 Å². The molecule has 4 saturated heterocycles. The Bertz CT molecular complexity index is 1820. The van der Waals surface area contributed by atoms with Crippen molar-refractivity contribution < 1.29 is 37.9 Å². The Morgan fingerprint density at radius 2 is 1.04 bits per heavy atom. The van der Waals surface area contributed by atoms with Gasteiger partial charge in [0.2, 0.25) is 0 Å². The van der Waals surface area contributed by atoms with E-state index in [9.17, 15) is 0 Å². The Balaban J connectivity index is 1.15. The molecule has 0 aliphatic carbocycles. The number of nitrogens with zero attached hydrogens (tertiary/aromatic N) is 1. The fraction of sp³-hybridized carbons (Fsp3) is 0.435. The van der Waals surface area contributed by atoms with Crippen LogP contribution in [-0.4, -0.2) is 78.1 Å². The predicted octanol–water partition coefficient (Wildman–Crippen LogP) is 7.58. The molecule has 290 valence electrons. The largest absolute Gasteiger partial charge is 0.375 e. The molecule has 4 aliphatic heterocycles. The van der Waals surface area contributed by atoms with E-state index in [1.807, 2.05) is 88.4 Å². The zero-order chi connectivity index (χ0) is 37.8. The van der Waals surface area contributed by atoms with Crippen molar-refractivity contribution in [1.29, 1.82) is 0 Å². The Labute approximate surface area is 325 Å². The van der Waals surface area contributed by atoms with Crippen LogP contribution in [0.4, 0.5) is 0 Å². The lowest BCUT2D eigenvalue weighted by Crippen LogP contribution is -2.54. The normalized spacial score (nSPS) is 31.1. The first-order valence-electron chi connectivity index (χ1n) is 19.5. The minimum Gasteiger partial charge on any atom is -0.375 e. The monoisotopic (exact) mass is 747 g/mol. The highest BCUT2D eigenvalue weighted by Crippen LogP contribution is 2.45. The molecule has 0 aromatic heterocycles. The van der Waals surface area contributed by atoms with Gasteiger partial charge in [0.25, 0.3) is 0 Å². The topological polar surface area (TPSA) is 77.1 Å². The quantitative estimate of drug-likeness (QED) is 0.121. The van der Waals surface area contributed by atoms with Crippen LogP contribution in [0.1, 0.15) is 49.9 Å². The zero-order valence-electron chi connectivity index (χ0n) is 32.1. The summed E-state index contributed by atoms with van der Waals surface area (Å²) >= 11 is 0. The first kappa shape index (κ1) is 38.1. The summed E-state index contributed by atoms with van der Waals surface area (Å²) in [6.07, 6.45) is 1.41. The van der Waals surface area contributed by atoms with Gasteiger partial charge >= 0.3 is 0 Å². The van der Waals surface area contributed by atoms with Gasteiger partial charge in [0.15, 0.2) is 17.9 Å². The molecule has 9 atom stereocenters. The molecule has 0 spiro atoms. The molecule has 9 heteroatoms. The summed E-state index contributed by atoms with van der Waals surface area (Å²) in [7, 11) is 0. The van der Waals surface area contributed by atoms with Crippen LogP contribution in [0.15, 0.2) is 133 Å². The summed E-state index contributed by atoms with van der Waals surface area (Å²) in [6, 6.07) is 41.1. The van der Waals surface area contributed by atoms with Crippen LogP contribution >= 0.6 is 0 Å². The minimum absolute atomic E-state index is 0.148. The summed E-state index contributed by atoms with van der Waals surface area (Å²) < 4.78 is 52.7. The molecule has 4 fully saturated rings. The molecule has 8 rings (SSSR count). The smallest absolute Gasteiger partial charge is 0.190 e. The first-order valence-corrected chi connectivity index (χ1v) is 19.5. The van der Waals surface area contributed by atoms with Crippen molar-refractivity contribution in [3.8, 4) is 0 Å². The van der Waals surface area contributed by atoms with Gasteiger partial charge < -0.3 is 37.9 Å². The second kappa shape index (κ2) is 16.8. The molecule has 55 heavy (non-hydrogen) atoms. The summed E-state index contributed by atoms with van der Waals surface area (Å²) in [5.74, 6) is -1.61. The number of benzene rings is 4. The Morgan fingerprint density at radius 1 is 0.545 bits per heavy atom. The second-order valence-corrected chi connectivity index (χ2v) is 15.8. The van der Waals surface area contributed by atoms with Crippen molar-refractivity contribution in [2.75, 3.05) is 6.61 Å². The third kappa shape index (κ3) is 9.13. The van der Waals surface area contributed by atoms with E-state index >= 15 is 0 Å². The Morgan fingerprint density at radius 3 is 1.64 bits per heavy atom. The molecule has 0 amide bonds. The van der Waals surface area contributed by atoms with Gasteiger partial charge in [-0.2, -0.15) is 0 Å². The predicted molar refractivity (Wildman–Crippen MR) is 207 cm³/mol. The van der Waals surface area contributed by atoms with E-state index in [2.05, 4.69) is 77.7 Å². The molecule has 0 saturated carbocycles. The van der Waals surface area contributed by atoms with Crippen LogP contribution in [0, 0.1) is 0 Å². The highest BCUT2D eigenvalue weighted by molar-refractivity contribution is 5.21. The van der Waals surface area contributed by atoms with E-state index in [4.69, 9.17) is 37.9 Å². The van der Waals surface area contributed by atoms with Crippen molar-refractivity contribution in [1.82, 2.24) is 4.90 Å². The van der Waals surface area contributed by atoms with Crippen LogP contribution in [0.2, 0.25) is 0 Å². The summed E-state index contributed by atoms with van der Waals surface area (Å²) in [5.41, 5.74) is 4.50. The van der Waals surface area contributed by atoms with Gasteiger partial charge in [-0.05, 0) is 49.9 Å². The molecular formula is C46H53NO8. The SMILES string of the molecule is CC1(C)O[C@H]2[C@@H](O1)[C@@H](C=C[C@@H]1[C@@H](OCc3ccccc3)[C@H](OCc3ccccc3)[C@H](COCc3ccccc3)N1Cc1ccccc1)O[C@@H]1OC(C)(C)O[C@@H]12. The number of ether oxygens (including phenoxy) is 8. The standard InChI is InChI=1S/C46H53NO8/c1-45(2)52-41-38(51-44-43(42(41)53-45)54-46(3,4)55-44)26-25-36-39(49-29-34-21-13-7-14-22-34)40(50-30-35-23-15-8-16-24-35)37(31-48-28-33-19-11-6-12-20-33)47(36)27-32-17-9-5-10-18-32/h5-26,36-44H,27-31H2,1-4H3/t36-,37+,38-,39-,40-,41+,42+,43-,44-/m1/s1. The van der Waals surface area contributed by atoms with Gasteiger partial charge in [-0.25, -0.2) is 0 Å². The van der Waals surface area contributed by atoms with Crippen LogP contribution in [0.5, 0.6) is 0 Å². The van der Waals surface area contributed by atoms with E-state index in [0.29, 0.717) is 33.0 Å². The number of likely N-dealkylation sites (tertiary alicyclic amines) is 1. The molecule has 0 radical (unpaired) electrons. The maximum atomic E-state index is 7.01. The second-order valence-electron chi connectivity index (χ2n) is 15.8. The lowest BCUT2D eigenvalue weighted by atomic mass is 9.97. The van der Waals surface area contributed by atoms with Crippen molar-refractivity contribution in [3.63, 3.8) is 0 Å². The maximum absolute atomic E-state index is 7.01. The Kier molecular flexibility index (Phi) is 11.6. The van der Waals surface area contributed by atoms with Gasteiger partial charge in [-0.3, -0.25) is 4.90 Å². The molecule has 0 bridgehead atoms. The fourth-order valence-corrected chi connectivity index (χ4v) is 8.26. The molecule has 4 aromatic carbocycles. The van der Waals surface area contributed by atoms with Gasteiger partial charge in [-0.15, -0.1) is 0 Å². The van der Waals surface area contributed by atoms with Crippen molar-refractivity contribution in [2.24, 2.45) is 0 Å². The van der Waals surface area contributed by atoms with Crippen LogP contribution < -0.4 is 0 Å². The molecule has 4 aromatic rings. The van der Waals surface area contributed by atoms with E-state index in [1.54, 1.807) is 0 Å². The molecule has 4 aliphatic rings. The van der Waals surface area contributed by atoms with E-state index in [0.717, 1.165) is 16.7 Å². The third-order valence-corrected chi connectivity index (χ3v) is 10.7. The summed E-state index contributed by atoms with van der Waals surface area (Å²) in [6.45, 7) is 10.1. The van der Waals surface area contributed by atoms with Crippen molar-refractivity contribution in [3.05, 3.63) is 156 Å². The number of hydrogen-bond donors (Lipinski definition) is 0. The van der Waals surface area contributed by atoms with Crippen LogP contribution in [-0.2, 0) is 64.3 Å². The Hall–Kier alpha value is -3.74. The average Bonchev–Trinajstić information content (AvgIpc) is 3.79. The molecule has 4 heterocycles. The first-order chi connectivity index (χ1) is 26.7. The molecule has 0 N–H and O–H groups in total. The van der Waals surface area contributed by atoms with Crippen molar-refractivity contribution >= 4 is 0 Å².